The van der Waals surface area contributed by atoms with E-state index in [0.717, 1.165) is 0 Å². The first kappa shape index (κ1) is 16.1. The molecule has 6 N–H and O–H groups in total. The minimum Gasteiger partial charge on any atom is -0.412 e. The first-order valence-electron chi connectivity index (χ1n) is 6.11. The summed E-state index contributed by atoms with van der Waals surface area (Å²) in [6.45, 7) is -0.542. The van der Waals surface area contributed by atoms with Crippen LogP contribution >= 0.6 is 0 Å². The van der Waals surface area contributed by atoms with Gasteiger partial charge in [0.25, 0.3) is 0 Å². The zero-order valence-corrected chi connectivity index (χ0v) is 11.3. The zero-order chi connectivity index (χ0) is 15.2. The van der Waals surface area contributed by atoms with E-state index >= 15 is 0 Å². The van der Waals surface area contributed by atoms with Crippen molar-refractivity contribution >= 4 is 17.0 Å². The highest BCUT2D eigenvalue weighted by molar-refractivity contribution is 5.81. The first-order valence-corrected chi connectivity index (χ1v) is 6.11. The molecule has 3 atom stereocenters. The Labute approximate surface area is 123 Å². The van der Waals surface area contributed by atoms with Crippen LogP contribution < -0.4 is 5.73 Å². The molecule has 1 saturated heterocycles. The van der Waals surface area contributed by atoms with Crippen molar-refractivity contribution in [3.63, 3.8) is 0 Å². The van der Waals surface area contributed by atoms with Crippen LogP contribution in [0, 0.1) is 18.4 Å². The Bertz CT molecular complexity index is 745. The van der Waals surface area contributed by atoms with Crippen LogP contribution in [0.25, 0.3) is 11.2 Å². The van der Waals surface area contributed by atoms with Crippen LogP contribution in [0.2, 0.25) is 0 Å². The minimum atomic E-state index is -1.50. The number of nitrogens with two attached hydrogens (primary N) is 1. The lowest BCUT2D eigenvalue weighted by Gasteiger charge is -2.23. The molecule has 0 aliphatic carbocycles. The molecular formula is C12H14FN5O4. The number of imidazole rings is 1. The van der Waals surface area contributed by atoms with Gasteiger partial charge in [-0.1, -0.05) is 5.92 Å². The summed E-state index contributed by atoms with van der Waals surface area (Å²) in [5.41, 5.74) is 4.42. The van der Waals surface area contributed by atoms with Crippen LogP contribution in [0.3, 0.4) is 0 Å². The number of nitrogens with zero attached hydrogens (tertiary/aromatic N) is 4. The predicted octanol–water partition coefficient (Wildman–Crippen LogP) is -1.63. The van der Waals surface area contributed by atoms with E-state index in [9.17, 15) is 14.6 Å². The fraction of sp³-hybridized carbons (Fsp3) is 0.417. The molecule has 118 valence electrons. The van der Waals surface area contributed by atoms with Gasteiger partial charge in [-0.3, -0.25) is 4.57 Å². The molecule has 1 aliphatic heterocycles. The van der Waals surface area contributed by atoms with E-state index in [1.165, 1.54) is 10.9 Å². The molecule has 3 heterocycles. The van der Waals surface area contributed by atoms with E-state index in [4.69, 9.17) is 16.9 Å². The van der Waals surface area contributed by atoms with Crippen molar-refractivity contribution < 1.29 is 24.8 Å². The summed E-state index contributed by atoms with van der Waals surface area (Å²) < 4.78 is 20.2. The fourth-order valence-corrected chi connectivity index (χ4v) is 2.36. The molecule has 3 rings (SSSR count). The molecule has 0 saturated carbocycles. The van der Waals surface area contributed by atoms with Gasteiger partial charge in [0.15, 0.2) is 22.6 Å². The smallest absolute Gasteiger partial charge is 0.312 e. The molecule has 10 heteroatoms. The van der Waals surface area contributed by atoms with E-state index in [2.05, 4.69) is 20.9 Å². The van der Waals surface area contributed by atoms with Gasteiger partial charge in [-0.2, -0.15) is 14.4 Å². The molecule has 1 aliphatic rings. The van der Waals surface area contributed by atoms with Gasteiger partial charge in [-0.15, -0.1) is 6.42 Å². The summed E-state index contributed by atoms with van der Waals surface area (Å²) in [6, 6.07) is 0. The molecule has 1 fully saturated rings. The molecule has 0 spiro atoms. The Kier molecular flexibility index (Phi) is 3.99. The highest BCUT2D eigenvalue weighted by Crippen LogP contribution is 2.37. The summed E-state index contributed by atoms with van der Waals surface area (Å²) in [4.78, 5) is 11.0. The maximum atomic E-state index is 13.3. The van der Waals surface area contributed by atoms with Crippen molar-refractivity contribution in [3.05, 3.63) is 12.4 Å². The topological polar surface area (TPSA) is 151 Å². The Balaban J connectivity index is 0.00000176. The maximum absolute atomic E-state index is 13.3. The summed E-state index contributed by atoms with van der Waals surface area (Å²) in [6.07, 6.45) is 3.95. The monoisotopic (exact) mass is 311 g/mol. The lowest BCUT2D eigenvalue weighted by Crippen LogP contribution is -2.41. The quantitative estimate of drug-likeness (QED) is 0.444. The predicted molar refractivity (Wildman–Crippen MR) is 72.7 cm³/mol. The van der Waals surface area contributed by atoms with Gasteiger partial charge in [-0.25, -0.2) is 4.98 Å². The van der Waals surface area contributed by atoms with Crippen molar-refractivity contribution in [2.45, 2.75) is 24.4 Å². The van der Waals surface area contributed by atoms with E-state index in [-0.39, 0.29) is 28.9 Å². The number of halogens is 1. The van der Waals surface area contributed by atoms with Crippen molar-refractivity contribution in [1.82, 2.24) is 19.5 Å². The van der Waals surface area contributed by atoms with Crippen LogP contribution in [0.1, 0.15) is 12.6 Å². The largest absolute Gasteiger partial charge is 0.412 e. The standard InChI is InChI=1S/C12H12FN5O3.H2O/c1-2-12(4-19)6(20)3-7(21-12)18-5-15-8-9(14)16-11(13)17-10(8)18;/h1,5-7,19-20H,3-4H2,(H2,14,16,17);1H2/t6-,7+,12+;/m0./s1. The Morgan fingerprint density at radius 3 is 2.91 bits per heavy atom. The van der Waals surface area contributed by atoms with Gasteiger partial charge in [0.1, 0.15) is 12.3 Å². The van der Waals surface area contributed by atoms with Crippen molar-refractivity contribution in [2.75, 3.05) is 12.3 Å². The summed E-state index contributed by atoms with van der Waals surface area (Å²) in [5, 5.41) is 19.3. The van der Waals surface area contributed by atoms with E-state index in [1.54, 1.807) is 0 Å². The molecule has 0 bridgehead atoms. The van der Waals surface area contributed by atoms with Gasteiger partial charge in [0.2, 0.25) is 0 Å². The van der Waals surface area contributed by atoms with Crippen LogP contribution in [0.5, 0.6) is 0 Å². The van der Waals surface area contributed by atoms with Gasteiger partial charge in [0.05, 0.1) is 12.9 Å². The Hall–Kier alpha value is -2.32. The van der Waals surface area contributed by atoms with E-state index in [1.807, 2.05) is 0 Å². The molecule has 9 nitrogen and oxygen atoms in total. The molecular weight excluding hydrogens is 297 g/mol. The number of fused-ring (bicyclic) bond motifs is 1. The van der Waals surface area contributed by atoms with Crippen LogP contribution in [0.15, 0.2) is 6.33 Å². The molecule has 0 unspecified atom stereocenters. The summed E-state index contributed by atoms with van der Waals surface area (Å²) in [7, 11) is 0. The number of hydrogen-bond donors (Lipinski definition) is 3. The molecule has 2 aromatic rings. The van der Waals surface area contributed by atoms with Gasteiger partial charge >= 0.3 is 6.08 Å². The number of aliphatic hydroxyl groups excluding tert-OH is 2. The number of aromatic nitrogens is 4. The van der Waals surface area contributed by atoms with Gasteiger partial charge < -0.3 is 26.2 Å². The van der Waals surface area contributed by atoms with Crippen LogP contribution in [-0.4, -0.2) is 53.5 Å². The highest BCUT2D eigenvalue weighted by atomic mass is 19.1. The fourth-order valence-electron chi connectivity index (χ4n) is 2.36. The van der Waals surface area contributed by atoms with Gasteiger partial charge in [0, 0.05) is 6.42 Å². The van der Waals surface area contributed by atoms with Crippen LogP contribution in [0.4, 0.5) is 10.2 Å². The lowest BCUT2D eigenvalue weighted by molar-refractivity contribution is -0.0891. The summed E-state index contributed by atoms with van der Waals surface area (Å²) in [5.74, 6) is 2.16. The van der Waals surface area contributed by atoms with Crippen molar-refractivity contribution in [2.24, 2.45) is 0 Å². The normalized spacial score (nSPS) is 27.5. The Morgan fingerprint density at radius 2 is 2.32 bits per heavy atom. The summed E-state index contributed by atoms with van der Waals surface area (Å²) >= 11 is 0. The van der Waals surface area contributed by atoms with Crippen molar-refractivity contribution in [3.8, 4) is 12.3 Å². The molecule has 0 radical (unpaired) electrons. The van der Waals surface area contributed by atoms with Crippen LogP contribution in [-0.2, 0) is 4.74 Å². The highest BCUT2D eigenvalue weighted by Gasteiger charge is 2.47. The number of aliphatic hydroxyl groups is 2. The lowest BCUT2D eigenvalue weighted by atomic mass is 9.99. The minimum absolute atomic E-state index is 0. The molecule has 0 aromatic carbocycles. The second-order valence-electron chi connectivity index (χ2n) is 4.72. The third-order valence-electron chi connectivity index (χ3n) is 3.52. The number of hydrogen-bond acceptors (Lipinski definition) is 7. The second kappa shape index (κ2) is 5.47. The number of terminal acetylenes is 1. The Morgan fingerprint density at radius 1 is 1.59 bits per heavy atom. The first-order chi connectivity index (χ1) is 10.0. The maximum Gasteiger partial charge on any atom is 0.312 e. The average Bonchev–Trinajstić information content (AvgIpc) is 3.00. The number of rotatable bonds is 2. The van der Waals surface area contributed by atoms with Crippen molar-refractivity contribution in [1.29, 1.82) is 0 Å². The molecule has 22 heavy (non-hydrogen) atoms. The number of ether oxygens (including phenoxy) is 1. The number of nitrogen functional groups attached to an aromatic ring is 1. The number of anilines is 1. The average molecular weight is 311 g/mol. The van der Waals surface area contributed by atoms with Gasteiger partial charge in [-0.05, 0) is 0 Å². The van der Waals surface area contributed by atoms with E-state index < -0.39 is 30.6 Å². The third-order valence-corrected chi connectivity index (χ3v) is 3.52. The SMILES string of the molecule is C#C[C@]1(CO)O[C@@H](n2cnc3c(N)nc(F)nc32)C[C@@H]1O.O. The third kappa shape index (κ3) is 2.16. The van der Waals surface area contributed by atoms with E-state index in [0.29, 0.717) is 0 Å². The second-order valence-corrected chi connectivity index (χ2v) is 4.72. The zero-order valence-electron chi connectivity index (χ0n) is 11.3. The molecule has 0 amide bonds. The molecule has 2 aromatic heterocycles.